The maximum Gasteiger partial charge on any atom is 0.287 e. The number of nitrogens with one attached hydrogen (secondary N) is 2. The molecule has 5 heteroatoms. The lowest BCUT2D eigenvalue weighted by atomic mass is 10.1. The molecule has 0 spiro atoms. The average Bonchev–Trinajstić information content (AvgIpc) is 2.86. The molecule has 1 aliphatic heterocycles. The van der Waals surface area contributed by atoms with Gasteiger partial charge in [-0.2, -0.15) is 0 Å². The van der Waals surface area contributed by atoms with Gasteiger partial charge in [0.25, 0.3) is 5.91 Å². The van der Waals surface area contributed by atoms with Gasteiger partial charge >= 0.3 is 0 Å². The Morgan fingerprint density at radius 1 is 1.29 bits per heavy atom. The maximum absolute atomic E-state index is 12.2. The van der Waals surface area contributed by atoms with Crippen molar-refractivity contribution < 1.29 is 18.8 Å². The van der Waals surface area contributed by atoms with Gasteiger partial charge in [-0.1, -0.05) is 18.2 Å². The quantitative estimate of drug-likeness (QED) is 0.856. The SMILES string of the molecule is Cc1c(C(=O)NCC[NH+]2CCOCC2)oc2ccccc12. The Kier molecular flexibility index (Phi) is 4.22. The van der Waals surface area contributed by atoms with Crippen molar-refractivity contribution >= 4 is 16.9 Å². The van der Waals surface area contributed by atoms with Crippen LogP contribution in [0, 0.1) is 6.92 Å². The zero-order valence-electron chi connectivity index (χ0n) is 12.3. The number of hydrogen-bond donors (Lipinski definition) is 2. The molecule has 3 rings (SSSR count). The van der Waals surface area contributed by atoms with Crippen LogP contribution in [0.25, 0.3) is 11.0 Å². The van der Waals surface area contributed by atoms with E-state index in [0.29, 0.717) is 12.3 Å². The minimum absolute atomic E-state index is 0.128. The molecule has 0 saturated carbocycles. The van der Waals surface area contributed by atoms with Crippen molar-refractivity contribution in [2.75, 3.05) is 39.4 Å². The monoisotopic (exact) mass is 289 g/mol. The molecule has 5 nitrogen and oxygen atoms in total. The molecule has 0 bridgehead atoms. The summed E-state index contributed by atoms with van der Waals surface area (Å²) < 4.78 is 11.0. The maximum atomic E-state index is 12.2. The zero-order valence-corrected chi connectivity index (χ0v) is 12.3. The molecular formula is C16H21N2O3+. The minimum Gasteiger partial charge on any atom is -0.451 e. The number of carbonyl (C=O) groups is 1. The van der Waals surface area contributed by atoms with Gasteiger partial charge in [0.15, 0.2) is 5.76 Å². The second-order valence-corrected chi connectivity index (χ2v) is 5.42. The highest BCUT2D eigenvalue weighted by molar-refractivity contribution is 5.98. The van der Waals surface area contributed by atoms with Crippen molar-refractivity contribution in [1.82, 2.24) is 5.32 Å². The van der Waals surface area contributed by atoms with E-state index in [4.69, 9.17) is 9.15 Å². The number of carbonyl (C=O) groups excluding carboxylic acids is 1. The molecule has 1 aromatic carbocycles. The van der Waals surface area contributed by atoms with E-state index in [9.17, 15) is 4.79 Å². The molecule has 0 aliphatic carbocycles. The van der Waals surface area contributed by atoms with Gasteiger partial charge in [-0.15, -0.1) is 0 Å². The first kappa shape index (κ1) is 14.1. The standard InChI is InChI=1S/C16H20N2O3/c1-12-13-4-2-3-5-14(13)21-15(12)16(19)17-6-7-18-8-10-20-11-9-18/h2-5H,6-11H2,1H3,(H,17,19)/p+1. The van der Waals surface area contributed by atoms with Crippen molar-refractivity contribution in [2.24, 2.45) is 0 Å². The van der Waals surface area contributed by atoms with Crippen molar-refractivity contribution in [1.29, 1.82) is 0 Å². The van der Waals surface area contributed by atoms with Crippen LogP contribution >= 0.6 is 0 Å². The number of fused-ring (bicyclic) bond motifs is 1. The van der Waals surface area contributed by atoms with E-state index in [0.717, 1.165) is 49.4 Å². The van der Waals surface area contributed by atoms with Crippen LogP contribution in [0.4, 0.5) is 0 Å². The molecule has 0 atom stereocenters. The van der Waals surface area contributed by atoms with E-state index in [-0.39, 0.29) is 5.91 Å². The number of amides is 1. The molecule has 112 valence electrons. The van der Waals surface area contributed by atoms with Gasteiger partial charge in [0.2, 0.25) is 0 Å². The topological polar surface area (TPSA) is 55.9 Å². The summed E-state index contributed by atoms with van der Waals surface area (Å²) in [4.78, 5) is 13.7. The highest BCUT2D eigenvalue weighted by atomic mass is 16.5. The van der Waals surface area contributed by atoms with Crippen LogP contribution in [0.3, 0.4) is 0 Å². The zero-order chi connectivity index (χ0) is 14.7. The van der Waals surface area contributed by atoms with Crippen LogP contribution in [0.2, 0.25) is 0 Å². The normalized spacial score (nSPS) is 16.2. The fraction of sp³-hybridized carbons (Fsp3) is 0.438. The van der Waals surface area contributed by atoms with Crippen molar-refractivity contribution in [3.8, 4) is 0 Å². The van der Waals surface area contributed by atoms with E-state index < -0.39 is 0 Å². The van der Waals surface area contributed by atoms with E-state index in [1.54, 1.807) is 0 Å². The molecule has 1 aromatic heterocycles. The third-order valence-electron chi connectivity index (χ3n) is 4.01. The van der Waals surface area contributed by atoms with Crippen LogP contribution in [-0.2, 0) is 4.74 Å². The molecule has 1 aliphatic rings. The first-order chi connectivity index (χ1) is 10.3. The highest BCUT2D eigenvalue weighted by Gasteiger charge is 2.18. The Morgan fingerprint density at radius 3 is 2.81 bits per heavy atom. The van der Waals surface area contributed by atoms with Gasteiger partial charge < -0.3 is 19.4 Å². The number of hydrogen-bond acceptors (Lipinski definition) is 3. The summed E-state index contributed by atoms with van der Waals surface area (Å²) in [6.07, 6.45) is 0. The number of furan rings is 1. The smallest absolute Gasteiger partial charge is 0.287 e. The molecule has 0 radical (unpaired) electrons. The predicted octanol–water partition coefficient (Wildman–Crippen LogP) is 0.386. The summed E-state index contributed by atoms with van der Waals surface area (Å²) in [5.74, 6) is 0.296. The molecule has 2 N–H and O–H groups in total. The van der Waals surface area contributed by atoms with Crippen LogP contribution in [0.1, 0.15) is 16.1 Å². The first-order valence-corrected chi connectivity index (χ1v) is 7.43. The molecule has 1 saturated heterocycles. The van der Waals surface area contributed by atoms with Crippen LogP contribution in [0.5, 0.6) is 0 Å². The number of para-hydroxylation sites is 1. The Labute approximate surface area is 123 Å². The number of quaternary nitrogens is 1. The summed E-state index contributed by atoms with van der Waals surface area (Å²) in [5, 5.41) is 3.96. The van der Waals surface area contributed by atoms with Gasteiger partial charge in [0.1, 0.15) is 18.7 Å². The molecule has 2 heterocycles. The van der Waals surface area contributed by atoms with Crippen LogP contribution in [-0.4, -0.2) is 45.3 Å². The summed E-state index contributed by atoms with van der Waals surface area (Å²) in [6.45, 7) is 7.16. The van der Waals surface area contributed by atoms with Crippen LogP contribution in [0.15, 0.2) is 28.7 Å². The molecule has 0 unspecified atom stereocenters. The molecule has 2 aromatic rings. The Bertz CT molecular complexity index is 629. The van der Waals surface area contributed by atoms with E-state index in [2.05, 4.69) is 5.32 Å². The number of rotatable bonds is 4. The molecule has 1 amide bonds. The lowest BCUT2D eigenvalue weighted by Gasteiger charge is -2.23. The predicted molar refractivity (Wildman–Crippen MR) is 79.7 cm³/mol. The van der Waals surface area contributed by atoms with Gasteiger partial charge in [-0.3, -0.25) is 4.79 Å². The Hall–Kier alpha value is -1.85. The fourth-order valence-corrected chi connectivity index (χ4v) is 2.73. The lowest BCUT2D eigenvalue weighted by Crippen LogP contribution is -3.14. The second-order valence-electron chi connectivity index (χ2n) is 5.42. The van der Waals surface area contributed by atoms with Crippen LogP contribution < -0.4 is 10.2 Å². The van der Waals surface area contributed by atoms with Gasteiger partial charge in [-0.05, 0) is 13.0 Å². The van der Waals surface area contributed by atoms with Crippen molar-refractivity contribution in [3.05, 3.63) is 35.6 Å². The van der Waals surface area contributed by atoms with E-state index >= 15 is 0 Å². The summed E-state index contributed by atoms with van der Waals surface area (Å²) in [7, 11) is 0. The Balaban J connectivity index is 1.60. The fourth-order valence-electron chi connectivity index (χ4n) is 2.73. The lowest BCUT2D eigenvalue weighted by molar-refractivity contribution is -0.906. The number of ether oxygens (including phenoxy) is 1. The Morgan fingerprint density at radius 2 is 2.05 bits per heavy atom. The third kappa shape index (κ3) is 3.09. The molecule has 1 fully saturated rings. The van der Waals surface area contributed by atoms with E-state index in [1.165, 1.54) is 4.90 Å². The van der Waals surface area contributed by atoms with Gasteiger partial charge in [-0.25, -0.2) is 0 Å². The molecule has 21 heavy (non-hydrogen) atoms. The minimum atomic E-state index is -0.128. The first-order valence-electron chi connectivity index (χ1n) is 7.43. The number of morpholine rings is 1. The van der Waals surface area contributed by atoms with E-state index in [1.807, 2.05) is 31.2 Å². The summed E-state index contributed by atoms with van der Waals surface area (Å²) in [6, 6.07) is 7.73. The van der Waals surface area contributed by atoms with Crippen molar-refractivity contribution in [2.45, 2.75) is 6.92 Å². The third-order valence-corrected chi connectivity index (χ3v) is 4.01. The highest BCUT2D eigenvalue weighted by Crippen LogP contribution is 2.24. The summed E-state index contributed by atoms with van der Waals surface area (Å²) >= 11 is 0. The average molecular weight is 289 g/mol. The number of aryl methyl sites for hydroxylation is 1. The largest absolute Gasteiger partial charge is 0.451 e. The second kappa shape index (κ2) is 6.28. The van der Waals surface area contributed by atoms with Crippen molar-refractivity contribution in [3.63, 3.8) is 0 Å². The molecular weight excluding hydrogens is 268 g/mol. The van der Waals surface area contributed by atoms with Gasteiger partial charge in [0, 0.05) is 10.9 Å². The van der Waals surface area contributed by atoms with Gasteiger partial charge in [0.05, 0.1) is 26.3 Å². The number of benzene rings is 1. The summed E-state index contributed by atoms with van der Waals surface area (Å²) in [5.41, 5.74) is 1.67.